The Kier molecular flexibility index (Phi) is 1.78. The summed E-state index contributed by atoms with van der Waals surface area (Å²) in [5.41, 5.74) is -0.742. The van der Waals surface area contributed by atoms with Crippen molar-refractivity contribution in [1.82, 2.24) is 0 Å². The van der Waals surface area contributed by atoms with Gasteiger partial charge in [0, 0.05) is 22.0 Å². The number of allylic oxidation sites excluding steroid dienone is 1. The molecule has 0 aromatic rings. The number of Topliss-reactive ketones (excluding diaryl/α,β-unsaturated/α-hetero) is 2. The van der Waals surface area contributed by atoms with Crippen molar-refractivity contribution in [3.8, 4) is 0 Å². The number of aliphatic hydroxyl groups is 1. The summed E-state index contributed by atoms with van der Waals surface area (Å²) in [7, 11) is 0. The highest BCUT2D eigenvalue weighted by molar-refractivity contribution is 6.16. The summed E-state index contributed by atoms with van der Waals surface area (Å²) in [4.78, 5) is 24.6. The molecular formula is C14H18O3. The summed E-state index contributed by atoms with van der Waals surface area (Å²) in [5, 5.41) is 10.4. The maximum absolute atomic E-state index is 12.4. The third kappa shape index (κ3) is 1.16. The summed E-state index contributed by atoms with van der Waals surface area (Å²) in [5.74, 6) is -0.0854. The van der Waals surface area contributed by atoms with Crippen molar-refractivity contribution in [2.24, 2.45) is 10.8 Å². The van der Waals surface area contributed by atoms with Crippen LogP contribution in [0.2, 0.25) is 0 Å². The molecule has 0 bridgehead atoms. The van der Waals surface area contributed by atoms with Gasteiger partial charge < -0.3 is 5.11 Å². The van der Waals surface area contributed by atoms with Crippen molar-refractivity contribution < 1.29 is 14.7 Å². The fraction of sp³-hybridized carbons (Fsp3) is 0.714. The van der Waals surface area contributed by atoms with Crippen LogP contribution in [0.4, 0.5) is 0 Å². The van der Waals surface area contributed by atoms with Crippen molar-refractivity contribution in [1.29, 1.82) is 0 Å². The number of ketones is 2. The maximum Gasteiger partial charge on any atom is 0.191 e. The topological polar surface area (TPSA) is 54.4 Å². The molecule has 1 fully saturated rings. The largest absolute Gasteiger partial charge is 0.381 e. The second kappa shape index (κ2) is 2.72. The third-order valence-electron chi connectivity index (χ3n) is 4.99. The summed E-state index contributed by atoms with van der Waals surface area (Å²) in [6.45, 7) is 5.40. The van der Waals surface area contributed by atoms with E-state index >= 15 is 0 Å². The number of carbonyl (C=O) groups is 2. The zero-order valence-electron chi connectivity index (χ0n) is 10.6. The smallest absolute Gasteiger partial charge is 0.191 e. The molecule has 17 heavy (non-hydrogen) atoms. The zero-order chi connectivity index (χ0) is 12.6. The minimum Gasteiger partial charge on any atom is -0.381 e. The van der Waals surface area contributed by atoms with Gasteiger partial charge in [0.1, 0.15) is 5.60 Å². The molecule has 1 spiro atoms. The van der Waals surface area contributed by atoms with Crippen LogP contribution in [0.1, 0.15) is 46.5 Å². The molecule has 0 aromatic carbocycles. The lowest BCUT2D eigenvalue weighted by Crippen LogP contribution is -2.48. The molecule has 0 aromatic heterocycles. The van der Waals surface area contributed by atoms with Crippen molar-refractivity contribution in [3.05, 3.63) is 11.1 Å². The Hall–Kier alpha value is -0.960. The van der Waals surface area contributed by atoms with E-state index in [0.717, 1.165) is 12.8 Å². The molecule has 3 aliphatic rings. The van der Waals surface area contributed by atoms with Gasteiger partial charge in [0.2, 0.25) is 0 Å². The van der Waals surface area contributed by atoms with Crippen molar-refractivity contribution >= 4 is 11.6 Å². The summed E-state index contributed by atoms with van der Waals surface area (Å²) in [6.07, 6.45) is 2.81. The molecule has 1 saturated carbocycles. The Morgan fingerprint density at radius 1 is 0.941 bits per heavy atom. The van der Waals surface area contributed by atoms with E-state index in [-0.39, 0.29) is 17.0 Å². The fourth-order valence-electron chi connectivity index (χ4n) is 3.44. The Bertz CT molecular complexity index is 476. The molecular weight excluding hydrogens is 216 g/mol. The second-order valence-electron chi connectivity index (χ2n) is 6.71. The Morgan fingerprint density at radius 3 is 2.00 bits per heavy atom. The van der Waals surface area contributed by atoms with Gasteiger partial charge in [-0.05, 0) is 32.6 Å². The van der Waals surface area contributed by atoms with E-state index < -0.39 is 11.0 Å². The first-order valence-corrected chi connectivity index (χ1v) is 6.25. The minimum absolute atomic E-state index is 0.114. The number of rotatable bonds is 0. The van der Waals surface area contributed by atoms with Gasteiger partial charge in [0.05, 0.1) is 0 Å². The van der Waals surface area contributed by atoms with E-state index in [1.165, 1.54) is 0 Å². The first-order chi connectivity index (χ1) is 7.71. The Balaban J connectivity index is 2.11. The van der Waals surface area contributed by atoms with Crippen LogP contribution in [-0.4, -0.2) is 22.3 Å². The predicted octanol–water partition coefficient (Wildman–Crippen LogP) is 1.79. The van der Waals surface area contributed by atoms with Crippen LogP contribution < -0.4 is 0 Å². The third-order valence-corrected chi connectivity index (χ3v) is 4.99. The molecule has 3 rings (SSSR count). The molecule has 0 amide bonds. The van der Waals surface area contributed by atoms with Gasteiger partial charge in [-0.25, -0.2) is 0 Å². The van der Waals surface area contributed by atoms with Gasteiger partial charge >= 0.3 is 0 Å². The lowest BCUT2D eigenvalue weighted by atomic mass is 9.70. The van der Waals surface area contributed by atoms with Gasteiger partial charge in [-0.2, -0.15) is 0 Å². The summed E-state index contributed by atoms with van der Waals surface area (Å²) < 4.78 is 0. The fourth-order valence-corrected chi connectivity index (χ4v) is 3.44. The molecule has 1 unspecified atom stereocenters. The van der Waals surface area contributed by atoms with Crippen molar-refractivity contribution in [2.75, 3.05) is 0 Å². The van der Waals surface area contributed by atoms with Gasteiger partial charge in [-0.3, -0.25) is 9.59 Å². The number of carbonyl (C=O) groups excluding carboxylic acids is 2. The zero-order valence-corrected chi connectivity index (χ0v) is 10.6. The molecule has 3 aliphatic carbocycles. The van der Waals surface area contributed by atoms with E-state index in [1.54, 1.807) is 6.92 Å². The van der Waals surface area contributed by atoms with Crippen LogP contribution in [0.15, 0.2) is 11.1 Å². The van der Waals surface area contributed by atoms with Crippen molar-refractivity contribution in [3.63, 3.8) is 0 Å². The van der Waals surface area contributed by atoms with Gasteiger partial charge in [-0.1, -0.05) is 13.8 Å². The summed E-state index contributed by atoms with van der Waals surface area (Å²) in [6, 6.07) is 0. The highest BCUT2D eigenvalue weighted by Crippen LogP contribution is 2.63. The quantitative estimate of drug-likeness (QED) is 0.695. The van der Waals surface area contributed by atoms with Crippen LogP contribution >= 0.6 is 0 Å². The highest BCUT2D eigenvalue weighted by Gasteiger charge is 2.65. The van der Waals surface area contributed by atoms with E-state index in [0.29, 0.717) is 24.0 Å². The normalized spacial score (nSPS) is 37.6. The lowest BCUT2D eigenvalue weighted by Gasteiger charge is -2.36. The van der Waals surface area contributed by atoms with E-state index in [2.05, 4.69) is 0 Å². The molecule has 92 valence electrons. The number of hydrogen-bond acceptors (Lipinski definition) is 3. The second-order valence-corrected chi connectivity index (χ2v) is 6.71. The highest BCUT2D eigenvalue weighted by atomic mass is 16.3. The molecule has 1 N–H and O–H groups in total. The summed E-state index contributed by atoms with van der Waals surface area (Å²) >= 11 is 0. The first kappa shape index (κ1) is 11.1. The predicted molar refractivity (Wildman–Crippen MR) is 62.3 cm³/mol. The van der Waals surface area contributed by atoms with Crippen LogP contribution in [0.5, 0.6) is 0 Å². The molecule has 0 radical (unpaired) electrons. The maximum atomic E-state index is 12.4. The minimum atomic E-state index is -1.26. The average molecular weight is 234 g/mol. The molecule has 0 saturated heterocycles. The van der Waals surface area contributed by atoms with E-state index in [1.807, 2.05) is 13.8 Å². The van der Waals surface area contributed by atoms with Crippen LogP contribution in [0.3, 0.4) is 0 Å². The van der Waals surface area contributed by atoms with Crippen molar-refractivity contribution in [2.45, 2.75) is 52.1 Å². The first-order valence-electron chi connectivity index (χ1n) is 6.25. The Labute approximate surface area is 101 Å². The van der Waals surface area contributed by atoms with E-state index in [9.17, 15) is 14.7 Å². The van der Waals surface area contributed by atoms with Gasteiger partial charge in [0.25, 0.3) is 0 Å². The lowest BCUT2D eigenvalue weighted by molar-refractivity contribution is -0.140. The van der Waals surface area contributed by atoms with E-state index in [4.69, 9.17) is 0 Å². The molecule has 3 nitrogen and oxygen atoms in total. The van der Waals surface area contributed by atoms with Gasteiger partial charge in [-0.15, -0.1) is 0 Å². The van der Waals surface area contributed by atoms with Gasteiger partial charge in [0.15, 0.2) is 11.6 Å². The SMILES string of the molecule is CC1(C)CC2=C(CC3(CC3)C(C)(O)C2=O)C1=O. The molecule has 0 heterocycles. The average Bonchev–Trinajstić information content (AvgIpc) is 2.96. The molecule has 0 aliphatic heterocycles. The monoisotopic (exact) mass is 234 g/mol. The standard InChI is InChI=1S/C14H18O3/c1-12(2)6-8-9(10(12)15)7-14(4-5-14)13(3,17)11(8)16/h17H,4-7H2,1-3H3. The van der Waals surface area contributed by atoms with Crippen LogP contribution in [-0.2, 0) is 9.59 Å². The Morgan fingerprint density at radius 2 is 1.47 bits per heavy atom. The molecule has 3 heteroatoms. The van der Waals surface area contributed by atoms with Crippen LogP contribution in [0.25, 0.3) is 0 Å². The van der Waals surface area contributed by atoms with Crippen LogP contribution in [0, 0.1) is 10.8 Å². The number of hydrogen-bond donors (Lipinski definition) is 1. The molecule has 1 atom stereocenters.